The summed E-state index contributed by atoms with van der Waals surface area (Å²) in [6, 6.07) is 24.2. The van der Waals surface area contributed by atoms with Crippen molar-refractivity contribution in [2.75, 3.05) is 38.2 Å². The lowest BCUT2D eigenvalue weighted by atomic mass is 10.1. The first-order chi connectivity index (χ1) is 15.7. The van der Waals surface area contributed by atoms with Gasteiger partial charge in [0.05, 0.1) is 19.8 Å². The molecule has 1 N–H and O–H groups in total. The van der Waals surface area contributed by atoms with Crippen molar-refractivity contribution in [1.82, 2.24) is 4.90 Å². The number of nitrogens with zero attached hydrogens (tertiary/aromatic N) is 1. The smallest absolute Gasteiger partial charge is 0.255 e. The van der Waals surface area contributed by atoms with Crippen LogP contribution in [0.3, 0.4) is 0 Å². The van der Waals surface area contributed by atoms with Gasteiger partial charge >= 0.3 is 0 Å². The van der Waals surface area contributed by atoms with Crippen LogP contribution < -0.4 is 10.1 Å². The summed E-state index contributed by atoms with van der Waals surface area (Å²) < 4.78 is 11.1. The van der Waals surface area contributed by atoms with E-state index in [1.165, 1.54) is 5.56 Å². The second-order valence-electron chi connectivity index (χ2n) is 7.54. The fourth-order valence-electron chi connectivity index (χ4n) is 3.48. The van der Waals surface area contributed by atoms with Gasteiger partial charge in [0, 0.05) is 36.3 Å². The van der Waals surface area contributed by atoms with E-state index in [2.05, 4.69) is 17.4 Å². The predicted octanol–water partition coefficient (Wildman–Crippen LogP) is 4.03. The van der Waals surface area contributed by atoms with Gasteiger partial charge in [-0.2, -0.15) is 0 Å². The Morgan fingerprint density at radius 3 is 2.19 bits per heavy atom. The summed E-state index contributed by atoms with van der Waals surface area (Å²) in [5.74, 6) is 0.491. The van der Waals surface area contributed by atoms with Crippen LogP contribution in [0.15, 0.2) is 78.9 Å². The first-order valence-corrected chi connectivity index (χ1v) is 10.7. The van der Waals surface area contributed by atoms with Crippen LogP contribution in [-0.4, -0.2) is 49.6 Å². The Kier molecular flexibility index (Phi) is 7.15. The zero-order valence-electron chi connectivity index (χ0n) is 17.8. The van der Waals surface area contributed by atoms with Gasteiger partial charge in [-0.3, -0.25) is 9.59 Å². The monoisotopic (exact) mass is 430 g/mol. The van der Waals surface area contributed by atoms with Crippen LogP contribution in [0.4, 0.5) is 5.69 Å². The van der Waals surface area contributed by atoms with E-state index in [1.807, 2.05) is 18.2 Å². The Morgan fingerprint density at radius 1 is 0.844 bits per heavy atom. The molecule has 0 aliphatic carbocycles. The number of carbonyl (C=O) groups excluding carboxylic acids is 2. The van der Waals surface area contributed by atoms with E-state index in [0.717, 1.165) is 12.2 Å². The van der Waals surface area contributed by atoms with Gasteiger partial charge in [0.25, 0.3) is 11.8 Å². The molecule has 0 unspecified atom stereocenters. The van der Waals surface area contributed by atoms with E-state index >= 15 is 0 Å². The molecule has 32 heavy (non-hydrogen) atoms. The molecule has 0 bridgehead atoms. The van der Waals surface area contributed by atoms with Crippen molar-refractivity contribution >= 4 is 17.5 Å². The van der Waals surface area contributed by atoms with Gasteiger partial charge < -0.3 is 19.7 Å². The lowest BCUT2D eigenvalue weighted by molar-refractivity contribution is 0.0303. The molecule has 0 radical (unpaired) electrons. The van der Waals surface area contributed by atoms with Crippen LogP contribution in [0.2, 0.25) is 0 Å². The highest BCUT2D eigenvalue weighted by Crippen LogP contribution is 2.16. The number of anilines is 1. The summed E-state index contributed by atoms with van der Waals surface area (Å²) >= 11 is 0. The quantitative estimate of drug-likeness (QED) is 0.615. The highest BCUT2D eigenvalue weighted by atomic mass is 16.5. The van der Waals surface area contributed by atoms with Crippen molar-refractivity contribution in [1.29, 1.82) is 0 Å². The van der Waals surface area contributed by atoms with Crippen LogP contribution in [-0.2, 0) is 11.2 Å². The Bertz CT molecular complexity index is 1030. The van der Waals surface area contributed by atoms with Gasteiger partial charge in [-0.1, -0.05) is 30.3 Å². The topological polar surface area (TPSA) is 67.9 Å². The molecule has 6 nitrogen and oxygen atoms in total. The lowest BCUT2D eigenvalue weighted by Gasteiger charge is -2.26. The third kappa shape index (κ3) is 5.74. The molecule has 1 heterocycles. The van der Waals surface area contributed by atoms with Gasteiger partial charge in [-0.15, -0.1) is 0 Å². The summed E-state index contributed by atoms with van der Waals surface area (Å²) in [5, 5.41) is 2.86. The minimum Gasteiger partial charge on any atom is -0.493 e. The largest absolute Gasteiger partial charge is 0.493 e. The number of benzene rings is 3. The minimum absolute atomic E-state index is 0.0194. The maximum absolute atomic E-state index is 12.5. The Balaban J connectivity index is 1.28. The average Bonchev–Trinajstić information content (AvgIpc) is 2.86. The minimum atomic E-state index is -0.215. The molecular formula is C26H26N2O4. The van der Waals surface area contributed by atoms with Crippen LogP contribution >= 0.6 is 0 Å². The van der Waals surface area contributed by atoms with Crippen LogP contribution in [0.5, 0.6) is 5.75 Å². The standard InChI is InChI=1S/C26H26N2O4/c29-25(21-8-12-24(13-9-21)32-17-14-20-4-2-1-3-5-20)27-23-10-6-22(7-11-23)26(30)28-15-18-31-19-16-28/h1-13H,14-19H2,(H,27,29). The summed E-state index contributed by atoms with van der Waals surface area (Å²) in [6.07, 6.45) is 0.827. The summed E-state index contributed by atoms with van der Waals surface area (Å²) in [6.45, 7) is 2.91. The molecule has 1 aliphatic rings. The third-order valence-electron chi connectivity index (χ3n) is 5.31. The highest BCUT2D eigenvalue weighted by molar-refractivity contribution is 6.04. The number of hydrogen-bond donors (Lipinski definition) is 1. The van der Waals surface area contributed by atoms with Crippen LogP contribution in [0.1, 0.15) is 26.3 Å². The molecule has 1 fully saturated rings. The molecule has 0 aromatic heterocycles. The summed E-state index contributed by atoms with van der Waals surface area (Å²) in [4.78, 5) is 26.8. The maximum atomic E-state index is 12.5. The van der Waals surface area contributed by atoms with Gasteiger partial charge in [-0.25, -0.2) is 0 Å². The Labute approximate surface area is 187 Å². The molecule has 0 saturated carbocycles. The number of morpholine rings is 1. The molecule has 1 aliphatic heterocycles. The first-order valence-electron chi connectivity index (χ1n) is 10.7. The van der Waals surface area contributed by atoms with Crippen molar-refractivity contribution in [3.8, 4) is 5.75 Å². The third-order valence-corrected chi connectivity index (χ3v) is 5.31. The van der Waals surface area contributed by atoms with Crippen LogP contribution in [0.25, 0.3) is 0 Å². The van der Waals surface area contributed by atoms with Crippen molar-refractivity contribution in [2.24, 2.45) is 0 Å². The lowest BCUT2D eigenvalue weighted by Crippen LogP contribution is -2.40. The summed E-state index contributed by atoms with van der Waals surface area (Å²) in [7, 11) is 0. The van der Waals surface area contributed by atoms with Crippen molar-refractivity contribution in [2.45, 2.75) is 6.42 Å². The molecule has 3 aromatic rings. The van der Waals surface area contributed by atoms with Crippen molar-refractivity contribution in [3.05, 3.63) is 95.6 Å². The van der Waals surface area contributed by atoms with E-state index in [0.29, 0.717) is 49.7 Å². The van der Waals surface area contributed by atoms with E-state index in [4.69, 9.17) is 9.47 Å². The average molecular weight is 431 g/mol. The fourth-order valence-corrected chi connectivity index (χ4v) is 3.48. The zero-order valence-corrected chi connectivity index (χ0v) is 17.8. The Hall–Kier alpha value is -3.64. The molecule has 0 spiro atoms. The van der Waals surface area contributed by atoms with E-state index in [1.54, 1.807) is 53.4 Å². The first kappa shape index (κ1) is 21.6. The number of rotatable bonds is 7. The zero-order chi connectivity index (χ0) is 22.2. The molecule has 0 atom stereocenters. The van der Waals surface area contributed by atoms with Crippen LogP contribution in [0, 0.1) is 0 Å². The molecule has 3 aromatic carbocycles. The second kappa shape index (κ2) is 10.6. The number of hydrogen-bond acceptors (Lipinski definition) is 4. The molecule has 2 amide bonds. The van der Waals surface area contributed by atoms with Crippen molar-refractivity contribution < 1.29 is 19.1 Å². The maximum Gasteiger partial charge on any atom is 0.255 e. The normalized spacial score (nSPS) is 13.4. The second-order valence-corrected chi connectivity index (χ2v) is 7.54. The fraction of sp³-hybridized carbons (Fsp3) is 0.231. The highest BCUT2D eigenvalue weighted by Gasteiger charge is 2.18. The Morgan fingerprint density at radius 2 is 1.50 bits per heavy atom. The van der Waals surface area contributed by atoms with E-state index < -0.39 is 0 Å². The van der Waals surface area contributed by atoms with Gasteiger partial charge in [0.1, 0.15) is 5.75 Å². The number of amides is 2. The van der Waals surface area contributed by atoms with Crippen molar-refractivity contribution in [3.63, 3.8) is 0 Å². The van der Waals surface area contributed by atoms with E-state index in [-0.39, 0.29) is 11.8 Å². The van der Waals surface area contributed by atoms with E-state index in [9.17, 15) is 9.59 Å². The molecule has 164 valence electrons. The molecule has 4 rings (SSSR count). The van der Waals surface area contributed by atoms with Gasteiger partial charge in [0.2, 0.25) is 0 Å². The molecule has 1 saturated heterocycles. The predicted molar refractivity (Wildman–Crippen MR) is 123 cm³/mol. The number of ether oxygens (including phenoxy) is 2. The molecular weight excluding hydrogens is 404 g/mol. The van der Waals surface area contributed by atoms with Gasteiger partial charge in [0.15, 0.2) is 0 Å². The van der Waals surface area contributed by atoms with Gasteiger partial charge in [-0.05, 0) is 54.1 Å². The summed E-state index contributed by atoms with van der Waals surface area (Å²) in [5.41, 5.74) is 2.99. The molecule has 6 heteroatoms. The number of nitrogens with one attached hydrogen (secondary N) is 1. The number of carbonyl (C=O) groups is 2. The SMILES string of the molecule is O=C(Nc1ccc(C(=O)N2CCOCC2)cc1)c1ccc(OCCc2ccccc2)cc1.